The topological polar surface area (TPSA) is 197 Å². The van der Waals surface area contributed by atoms with Gasteiger partial charge in [0.25, 0.3) is 25.1 Å². The van der Waals surface area contributed by atoms with E-state index >= 15 is 0 Å². The molecule has 40 heavy (non-hydrogen) atoms. The number of nitrogens with zero attached hydrogens (tertiary/aromatic N) is 2. The monoisotopic (exact) mass is 564 g/mol. The van der Waals surface area contributed by atoms with Crippen molar-refractivity contribution in [2.24, 2.45) is 5.92 Å². The Morgan fingerprint density at radius 3 is 2.00 bits per heavy atom. The van der Waals surface area contributed by atoms with Crippen LogP contribution in [0.4, 0.5) is 0 Å². The number of carbonyl (C=O) groups is 8. The molecular formula is C26H34N4O10. The van der Waals surface area contributed by atoms with Crippen LogP contribution in [0, 0.1) is 5.92 Å². The molecule has 0 saturated carbocycles. The first-order valence-electron chi connectivity index (χ1n) is 13.4. The van der Waals surface area contributed by atoms with E-state index in [0.717, 1.165) is 34.1 Å². The van der Waals surface area contributed by atoms with Gasteiger partial charge >= 0.3 is 5.97 Å². The number of carboxylic acids is 1. The first-order valence-corrected chi connectivity index (χ1v) is 13.0. The molecule has 0 aromatic carbocycles. The molecule has 3 N–H and O–H groups in total. The van der Waals surface area contributed by atoms with Crippen molar-refractivity contribution in [1.82, 2.24) is 20.4 Å². The molecule has 0 radical (unpaired) electrons. The summed E-state index contributed by atoms with van der Waals surface area (Å²) in [6.45, 7) is 0.427. The van der Waals surface area contributed by atoms with Gasteiger partial charge in [-0.25, -0.2) is 0 Å². The smallest absolute Gasteiger partial charge is 0.305 e. The lowest BCUT2D eigenvalue weighted by atomic mass is 9.94. The van der Waals surface area contributed by atoms with Crippen LogP contribution in [0.1, 0.15) is 44.9 Å². The van der Waals surface area contributed by atoms with Gasteiger partial charge in [0.1, 0.15) is 5.78 Å². The molecule has 0 aromatic heterocycles. The molecule has 2 aliphatic rings. The number of Topliss-reactive ketones (excluding diaryl/α,β-unsaturated/α-hetero) is 1. The summed E-state index contributed by atoms with van der Waals surface area (Å²) in [5.74, 6) is -4.37. The van der Waals surface area contributed by atoms with E-state index in [1.165, 1.54) is 0 Å². The largest absolute Gasteiger partial charge is 0.481 e. The minimum atomic E-state index is -0.744. The molecule has 2 aliphatic heterocycles. The standard InChI is InChI=1S/C26H34N4O10/c31-19(8-13-29-21(33)4-5-22(29)34)17-18(26(39)28-12-16-40-15-10-25(37)38)3-1-2-11-27-20(32)9-14-30-23(35)6-7-24(30)36/h4-7,18H,1-3,8-17H2,(H,27,32)(H,28,39)(H,37,38)/i/hT. The Labute approximate surface area is 232 Å². The number of hydrogen-bond donors (Lipinski definition) is 3. The molecule has 0 fully saturated rings. The number of carboxylic acid groups (broad SMARTS) is 1. The number of ketones is 1. The van der Waals surface area contributed by atoms with Gasteiger partial charge < -0.3 is 20.5 Å². The summed E-state index contributed by atoms with van der Waals surface area (Å²) in [6.07, 6.45) is 5.53. The fourth-order valence-corrected chi connectivity index (χ4v) is 3.94. The Balaban J connectivity index is 1.74. The van der Waals surface area contributed by atoms with E-state index in [2.05, 4.69) is 15.7 Å². The molecule has 14 heteroatoms. The molecule has 2 heterocycles. The first-order chi connectivity index (χ1) is 19.6. The minimum absolute atomic E-state index is 0.0194. The van der Waals surface area contributed by atoms with Crippen LogP contribution in [0.15, 0.2) is 24.3 Å². The van der Waals surface area contributed by atoms with Crippen LogP contribution in [0.5, 0.6) is 0 Å². The lowest BCUT2D eigenvalue weighted by Gasteiger charge is -2.18. The quantitative estimate of drug-likeness (QED) is 0.123. The van der Waals surface area contributed by atoms with Crippen molar-refractivity contribution >= 4 is 47.2 Å². The number of nitrogens with one attached hydrogen (secondary N) is 2. The third-order valence-electron chi connectivity index (χ3n) is 6.12. The highest BCUT2D eigenvalue weighted by molar-refractivity contribution is 6.13. The second kappa shape index (κ2) is 16.7. The van der Waals surface area contributed by atoms with Gasteiger partial charge in [-0.1, -0.05) is 6.42 Å². The van der Waals surface area contributed by atoms with Gasteiger partial charge in [0.15, 0.2) is 0 Å². The third-order valence-corrected chi connectivity index (χ3v) is 6.12. The molecule has 1 unspecified atom stereocenters. The van der Waals surface area contributed by atoms with E-state index in [-0.39, 0.29) is 76.1 Å². The van der Waals surface area contributed by atoms with Crippen molar-refractivity contribution < 1.29 is 48.2 Å². The number of unbranched alkanes of at least 4 members (excludes halogenated alkanes) is 1. The summed E-state index contributed by atoms with van der Waals surface area (Å²) >= 11 is 0. The zero-order chi connectivity index (χ0) is 30.2. The van der Waals surface area contributed by atoms with Crippen molar-refractivity contribution in [2.75, 3.05) is 39.4 Å². The normalized spacial score (nSPS) is 15.4. The zero-order valence-electron chi connectivity index (χ0n) is 23.1. The van der Waals surface area contributed by atoms with E-state index in [9.17, 15) is 38.4 Å². The van der Waals surface area contributed by atoms with E-state index in [1.807, 2.05) is 0 Å². The van der Waals surface area contributed by atoms with Crippen molar-refractivity contribution in [3.63, 3.8) is 0 Å². The number of hydrogen-bond acceptors (Lipinski definition) is 10. The van der Waals surface area contributed by atoms with Gasteiger partial charge in [-0.05, 0) is 12.8 Å². The second-order valence-corrected chi connectivity index (χ2v) is 9.13. The fourth-order valence-electron chi connectivity index (χ4n) is 3.94. The number of ether oxygens (including phenoxy) is 1. The molecule has 1 atom stereocenters. The first kappa shape index (κ1) is 30.3. The van der Waals surface area contributed by atoms with Crippen LogP contribution in [-0.4, -0.2) is 101 Å². The molecule has 14 nitrogen and oxygen atoms in total. The molecule has 0 saturated heterocycles. The molecule has 0 aliphatic carbocycles. The minimum Gasteiger partial charge on any atom is -0.481 e. The van der Waals surface area contributed by atoms with Crippen molar-refractivity contribution in [3.05, 3.63) is 24.3 Å². The summed E-state index contributed by atoms with van der Waals surface area (Å²) in [7, 11) is 0. The number of imide groups is 2. The van der Waals surface area contributed by atoms with Gasteiger partial charge in [-0.15, -0.1) is 0 Å². The van der Waals surface area contributed by atoms with Crippen molar-refractivity contribution in [2.45, 2.75) is 44.9 Å². The predicted octanol–water partition coefficient (Wildman–Crippen LogP) is -0.914. The van der Waals surface area contributed by atoms with Gasteiger partial charge in [0.05, 0.1) is 19.6 Å². The summed E-state index contributed by atoms with van der Waals surface area (Å²) in [6, 6.07) is 0. The zero-order valence-corrected chi connectivity index (χ0v) is 22.1. The number of rotatable bonds is 20. The van der Waals surface area contributed by atoms with Crippen molar-refractivity contribution in [3.8, 4) is 0 Å². The van der Waals surface area contributed by atoms with Crippen LogP contribution < -0.4 is 10.6 Å². The molecule has 218 valence electrons. The number of aliphatic carboxylic acids is 1. The van der Waals surface area contributed by atoms with Crippen LogP contribution in [0.3, 0.4) is 0 Å². The molecule has 0 spiro atoms. The summed E-state index contributed by atoms with van der Waals surface area (Å²) in [5, 5.41) is 9.14. The highest BCUT2D eigenvalue weighted by atomic mass is 16.5. The maximum atomic E-state index is 12.8. The average Bonchev–Trinajstić information content (AvgIpc) is 3.45. The Bertz CT molecular complexity index is 1050. The van der Waals surface area contributed by atoms with Gasteiger partial charge in [-0.3, -0.25) is 48.2 Å². The van der Waals surface area contributed by atoms with E-state index < -0.39 is 35.5 Å². The average molecular weight is 565 g/mol. The van der Waals surface area contributed by atoms with E-state index in [1.54, 1.807) is 0 Å². The van der Waals surface area contributed by atoms with E-state index in [4.69, 9.17) is 6.17 Å². The van der Waals surface area contributed by atoms with Crippen LogP contribution in [0.2, 0.25) is 0 Å². The van der Waals surface area contributed by atoms with Crippen LogP contribution in [-0.2, 0) is 43.1 Å². The maximum Gasteiger partial charge on any atom is 0.305 e. The van der Waals surface area contributed by atoms with Crippen molar-refractivity contribution in [1.29, 1.82) is 1.43 Å². The lowest BCUT2D eigenvalue weighted by Crippen LogP contribution is -2.36. The SMILES string of the molecule is [3H]OC(=O)CCOCCNC(=O)C(CCCCNC(=O)CCN1C(=O)C=CC1=O)CC(=O)CCN1C(=O)C=CC1=O. The van der Waals surface area contributed by atoms with Crippen LogP contribution >= 0.6 is 0 Å². The van der Waals surface area contributed by atoms with Crippen LogP contribution in [0.25, 0.3) is 1.43 Å². The maximum absolute atomic E-state index is 12.8. The highest BCUT2D eigenvalue weighted by Crippen LogP contribution is 2.16. The van der Waals surface area contributed by atoms with Gasteiger partial charge in [0, 0.05) is 75.7 Å². The lowest BCUT2D eigenvalue weighted by molar-refractivity contribution is -0.139. The Morgan fingerprint density at radius 1 is 0.800 bits per heavy atom. The molecular weight excluding hydrogens is 528 g/mol. The van der Waals surface area contributed by atoms with E-state index in [0.29, 0.717) is 25.8 Å². The summed E-state index contributed by atoms with van der Waals surface area (Å²) < 4.78 is 11.7. The Hall–Kier alpha value is -4.20. The molecule has 0 bridgehead atoms. The predicted molar refractivity (Wildman–Crippen MR) is 137 cm³/mol. The van der Waals surface area contributed by atoms with Gasteiger partial charge in [0.2, 0.25) is 11.8 Å². The Morgan fingerprint density at radius 2 is 1.40 bits per heavy atom. The fraction of sp³-hybridized carbons (Fsp3) is 0.538. The second-order valence-electron chi connectivity index (χ2n) is 9.13. The van der Waals surface area contributed by atoms with Gasteiger partial charge in [-0.2, -0.15) is 0 Å². The highest BCUT2D eigenvalue weighted by Gasteiger charge is 2.26. The molecule has 2 rings (SSSR count). The Kier molecular flexibility index (Phi) is 12.7. The number of amides is 6. The molecule has 0 aromatic rings. The third kappa shape index (κ3) is 11.3. The summed E-state index contributed by atoms with van der Waals surface area (Å²) in [4.78, 5) is 96.8. The summed E-state index contributed by atoms with van der Waals surface area (Å²) in [5.41, 5.74) is 0. The number of carbonyl (C=O) groups excluding carboxylic acids is 7. The molecule has 6 amide bonds.